The van der Waals surface area contributed by atoms with Crippen LogP contribution in [0, 0.1) is 0 Å². The van der Waals surface area contributed by atoms with E-state index in [9.17, 15) is 0 Å². The summed E-state index contributed by atoms with van der Waals surface area (Å²) in [5.41, 5.74) is 11.4. The van der Waals surface area contributed by atoms with Crippen molar-refractivity contribution in [1.29, 1.82) is 0 Å². The highest BCUT2D eigenvalue weighted by Crippen LogP contribution is 2.44. The highest BCUT2D eigenvalue weighted by molar-refractivity contribution is 5.89. The number of aromatic nitrogens is 2. The van der Waals surface area contributed by atoms with Gasteiger partial charge >= 0.3 is 0 Å². The van der Waals surface area contributed by atoms with Gasteiger partial charge in [-0.15, -0.1) is 0 Å². The molecule has 0 saturated heterocycles. The predicted molar refractivity (Wildman–Crippen MR) is 180 cm³/mol. The molecule has 1 atom stereocenters. The van der Waals surface area contributed by atoms with Crippen molar-refractivity contribution in [3.05, 3.63) is 180 Å². The minimum atomic E-state index is 0.126. The van der Waals surface area contributed by atoms with E-state index >= 15 is 0 Å². The third-order valence-electron chi connectivity index (χ3n) is 8.05. The monoisotopic (exact) mass is 567 g/mol. The van der Waals surface area contributed by atoms with Crippen LogP contribution in [-0.4, -0.2) is 9.97 Å². The van der Waals surface area contributed by atoms with Crippen molar-refractivity contribution in [3.8, 4) is 11.4 Å². The minimum absolute atomic E-state index is 0.126. The first-order chi connectivity index (χ1) is 21.8. The lowest BCUT2D eigenvalue weighted by molar-refractivity contribution is 1.01. The van der Waals surface area contributed by atoms with Gasteiger partial charge in [-0.25, -0.2) is 9.97 Å². The number of nitrogens with zero attached hydrogens (tertiary/aromatic N) is 3. The molecule has 44 heavy (non-hydrogen) atoms. The maximum Gasteiger partial charge on any atom is 0.117 e. The van der Waals surface area contributed by atoms with Crippen LogP contribution in [0.5, 0.6) is 0 Å². The first kappa shape index (κ1) is 25.7. The molecule has 2 aliphatic heterocycles. The molecular formula is C39H29N5. The summed E-state index contributed by atoms with van der Waals surface area (Å²) in [5, 5.41) is 7.23. The van der Waals surface area contributed by atoms with Crippen LogP contribution in [0.15, 0.2) is 157 Å². The highest BCUT2D eigenvalue weighted by atomic mass is 15.3. The smallest absolute Gasteiger partial charge is 0.117 e. The zero-order chi connectivity index (χ0) is 29.3. The normalized spacial score (nSPS) is 16.8. The second-order valence-corrected chi connectivity index (χ2v) is 10.9. The Labute approximate surface area is 256 Å². The number of hydrogen-bond donors (Lipinski definition) is 2. The van der Waals surface area contributed by atoms with Crippen LogP contribution in [0.25, 0.3) is 23.5 Å². The zero-order valence-electron chi connectivity index (χ0n) is 23.9. The lowest BCUT2D eigenvalue weighted by Gasteiger charge is -2.20. The summed E-state index contributed by atoms with van der Waals surface area (Å²) in [4.78, 5) is 12.3. The standard InChI is InChI=1S/C39H29N5/c1-3-13-27(14-4-1)39-31-19-7-8-20-32(31)42-36(39)25-28-15-11-22-33(40-28)34-23-12-16-29(41-34)26-38-43-35-21-9-10-24-37(35)44(38)30-17-5-2-6-18-30/h1-26,39,42-43H/b36-25-,38-26+. The first-order valence-electron chi connectivity index (χ1n) is 14.8. The summed E-state index contributed by atoms with van der Waals surface area (Å²) < 4.78 is 0. The Balaban J connectivity index is 1.13. The fraction of sp³-hybridized carbons (Fsp3) is 0.0256. The van der Waals surface area contributed by atoms with Gasteiger partial charge in [-0.1, -0.05) is 91.0 Å². The number of rotatable bonds is 5. The van der Waals surface area contributed by atoms with Gasteiger partial charge in [0.25, 0.3) is 0 Å². The number of nitrogens with one attached hydrogen (secondary N) is 2. The summed E-state index contributed by atoms with van der Waals surface area (Å²) >= 11 is 0. The molecule has 0 amide bonds. The van der Waals surface area contributed by atoms with Crippen LogP contribution in [0.2, 0.25) is 0 Å². The van der Waals surface area contributed by atoms with Crippen molar-refractivity contribution in [2.45, 2.75) is 5.92 Å². The van der Waals surface area contributed by atoms with Crippen molar-refractivity contribution in [3.63, 3.8) is 0 Å². The lowest BCUT2D eigenvalue weighted by Crippen LogP contribution is -2.14. The van der Waals surface area contributed by atoms with E-state index in [0.29, 0.717) is 0 Å². The highest BCUT2D eigenvalue weighted by Gasteiger charge is 2.28. The van der Waals surface area contributed by atoms with Gasteiger partial charge in [0.1, 0.15) is 5.82 Å². The third kappa shape index (κ3) is 4.80. The van der Waals surface area contributed by atoms with Gasteiger partial charge in [0, 0.05) is 23.1 Å². The summed E-state index contributed by atoms with van der Waals surface area (Å²) in [7, 11) is 0. The molecule has 4 aromatic carbocycles. The van der Waals surface area contributed by atoms with Gasteiger partial charge in [-0.05, 0) is 71.8 Å². The van der Waals surface area contributed by atoms with Crippen LogP contribution < -0.4 is 15.5 Å². The van der Waals surface area contributed by atoms with Gasteiger partial charge in [-0.3, -0.25) is 4.90 Å². The van der Waals surface area contributed by atoms with Gasteiger partial charge in [0.15, 0.2) is 0 Å². The molecule has 0 fully saturated rings. The molecular weight excluding hydrogens is 538 g/mol. The van der Waals surface area contributed by atoms with Crippen LogP contribution in [0.3, 0.4) is 0 Å². The molecule has 6 aromatic rings. The maximum atomic E-state index is 5.04. The second kappa shape index (κ2) is 11.0. The van der Waals surface area contributed by atoms with Crippen molar-refractivity contribution in [2.75, 3.05) is 15.5 Å². The Morgan fingerprint density at radius 2 is 1.14 bits per heavy atom. The van der Waals surface area contributed by atoms with Crippen molar-refractivity contribution in [1.82, 2.24) is 9.97 Å². The molecule has 2 aromatic heterocycles. The molecule has 2 N–H and O–H groups in total. The van der Waals surface area contributed by atoms with E-state index < -0.39 is 0 Å². The summed E-state index contributed by atoms with van der Waals surface area (Å²) in [6.45, 7) is 0. The fourth-order valence-corrected chi connectivity index (χ4v) is 6.08. The topological polar surface area (TPSA) is 53.1 Å². The predicted octanol–water partition coefficient (Wildman–Crippen LogP) is 9.30. The minimum Gasteiger partial charge on any atom is -0.358 e. The number of hydrogen-bond acceptors (Lipinski definition) is 5. The summed E-state index contributed by atoms with van der Waals surface area (Å²) in [6.07, 6.45) is 4.25. The maximum absolute atomic E-state index is 5.04. The van der Waals surface area contributed by atoms with E-state index in [1.807, 2.05) is 48.5 Å². The summed E-state index contributed by atoms with van der Waals surface area (Å²) in [5.74, 6) is 1.08. The Kier molecular flexibility index (Phi) is 6.46. The molecule has 0 spiro atoms. The third-order valence-corrected chi connectivity index (χ3v) is 8.05. The van der Waals surface area contributed by atoms with Crippen molar-refractivity contribution >= 4 is 34.9 Å². The van der Waals surface area contributed by atoms with E-state index in [1.165, 1.54) is 11.1 Å². The van der Waals surface area contributed by atoms with Crippen LogP contribution in [0.1, 0.15) is 28.4 Å². The van der Waals surface area contributed by atoms with Crippen LogP contribution >= 0.6 is 0 Å². The number of para-hydroxylation sites is 4. The second-order valence-electron chi connectivity index (χ2n) is 10.9. The SMILES string of the molecule is C(=C1/Nc2ccccc2C1c1ccccc1)/c1cccc(-c2cccc(/C=C3\Nc4ccccc4N3c3ccccc3)n2)n1. The van der Waals surface area contributed by atoms with Crippen molar-refractivity contribution in [2.24, 2.45) is 0 Å². The van der Waals surface area contributed by atoms with Gasteiger partial charge in [0.05, 0.1) is 40.1 Å². The fourth-order valence-electron chi connectivity index (χ4n) is 6.08. The molecule has 0 aliphatic carbocycles. The number of anilines is 4. The summed E-state index contributed by atoms with van der Waals surface area (Å²) in [6, 6.07) is 50.1. The van der Waals surface area contributed by atoms with E-state index in [0.717, 1.165) is 57.0 Å². The Bertz CT molecular complexity index is 1880. The number of pyridine rings is 2. The largest absolute Gasteiger partial charge is 0.358 e. The van der Waals surface area contributed by atoms with Crippen LogP contribution in [-0.2, 0) is 0 Å². The van der Waals surface area contributed by atoms with Gasteiger partial charge < -0.3 is 10.6 Å². The molecule has 0 saturated carbocycles. The van der Waals surface area contributed by atoms with Crippen molar-refractivity contribution < 1.29 is 0 Å². The van der Waals surface area contributed by atoms with Crippen LogP contribution in [0.4, 0.5) is 22.7 Å². The van der Waals surface area contributed by atoms with E-state index in [4.69, 9.17) is 9.97 Å². The number of allylic oxidation sites excluding steroid dienone is 1. The average molecular weight is 568 g/mol. The zero-order valence-corrected chi connectivity index (χ0v) is 23.9. The van der Waals surface area contributed by atoms with Gasteiger partial charge in [0.2, 0.25) is 0 Å². The molecule has 8 rings (SSSR count). The quantitative estimate of drug-likeness (QED) is 0.217. The van der Waals surface area contributed by atoms with E-state index in [1.54, 1.807) is 0 Å². The molecule has 210 valence electrons. The molecule has 2 aliphatic rings. The Morgan fingerprint density at radius 3 is 1.89 bits per heavy atom. The van der Waals surface area contributed by atoms with E-state index in [-0.39, 0.29) is 5.92 Å². The molecule has 4 heterocycles. The Hall–Kier alpha value is -5.94. The van der Waals surface area contributed by atoms with E-state index in [2.05, 4.69) is 125 Å². The number of benzene rings is 4. The molecule has 0 radical (unpaired) electrons. The molecule has 0 bridgehead atoms. The molecule has 1 unspecified atom stereocenters. The average Bonchev–Trinajstić information content (AvgIpc) is 3.63. The number of fused-ring (bicyclic) bond motifs is 2. The first-order valence-corrected chi connectivity index (χ1v) is 14.8. The van der Waals surface area contributed by atoms with Gasteiger partial charge in [-0.2, -0.15) is 0 Å². The molecule has 5 nitrogen and oxygen atoms in total. The lowest BCUT2D eigenvalue weighted by atomic mass is 9.90. The molecule has 5 heteroatoms. The Morgan fingerprint density at radius 1 is 0.523 bits per heavy atom.